The van der Waals surface area contributed by atoms with Gasteiger partial charge >= 0.3 is 0 Å². The molecule has 24 heavy (non-hydrogen) atoms. The number of nitrogens with one attached hydrogen (secondary N) is 1. The Labute approximate surface area is 146 Å². The van der Waals surface area contributed by atoms with Crippen LogP contribution in [0.3, 0.4) is 0 Å². The van der Waals surface area contributed by atoms with Crippen LogP contribution in [0.2, 0.25) is 5.02 Å². The summed E-state index contributed by atoms with van der Waals surface area (Å²) < 4.78 is 5.27. The number of fused-ring (bicyclic) bond motifs is 1. The molecule has 0 aliphatic heterocycles. The Bertz CT molecular complexity index is 874. The molecule has 0 aliphatic carbocycles. The monoisotopic (exact) mass is 339 g/mol. The van der Waals surface area contributed by atoms with Gasteiger partial charge < -0.3 is 10.1 Å². The van der Waals surface area contributed by atoms with Gasteiger partial charge in [-0.15, -0.1) is 0 Å². The fourth-order valence-electron chi connectivity index (χ4n) is 2.75. The molecule has 3 nitrogen and oxygen atoms in total. The van der Waals surface area contributed by atoms with Crippen LogP contribution in [0.5, 0.6) is 5.75 Å². The van der Waals surface area contributed by atoms with Crippen molar-refractivity contribution in [2.75, 3.05) is 7.11 Å². The molecule has 0 aliphatic rings. The van der Waals surface area contributed by atoms with Crippen LogP contribution in [0.25, 0.3) is 10.8 Å². The number of ether oxygens (including phenoxy) is 1. The van der Waals surface area contributed by atoms with Crippen LogP contribution in [0, 0.1) is 0 Å². The summed E-state index contributed by atoms with van der Waals surface area (Å²) in [5.41, 5.74) is 1.66. The number of amides is 1. The lowest BCUT2D eigenvalue weighted by atomic mass is 9.99. The van der Waals surface area contributed by atoms with E-state index in [2.05, 4.69) is 5.32 Å². The molecule has 3 aromatic rings. The van der Waals surface area contributed by atoms with Crippen LogP contribution in [0.1, 0.15) is 28.9 Å². The van der Waals surface area contributed by atoms with Gasteiger partial charge in [-0.2, -0.15) is 0 Å². The number of hydrogen-bond donors (Lipinski definition) is 1. The normalized spacial score (nSPS) is 12.0. The van der Waals surface area contributed by atoms with Crippen molar-refractivity contribution in [3.8, 4) is 5.75 Å². The van der Waals surface area contributed by atoms with Gasteiger partial charge in [0.1, 0.15) is 5.75 Å². The average molecular weight is 340 g/mol. The summed E-state index contributed by atoms with van der Waals surface area (Å²) in [6.45, 7) is 1.98. The fraction of sp³-hybridized carbons (Fsp3) is 0.150. The van der Waals surface area contributed by atoms with Gasteiger partial charge in [-0.1, -0.05) is 35.9 Å². The van der Waals surface area contributed by atoms with E-state index in [0.29, 0.717) is 10.6 Å². The van der Waals surface area contributed by atoms with Gasteiger partial charge in [0.25, 0.3) is 5.91 Å². The Morgan fingerprint density at radius 2 is 1.83 bits per heavy atom. The summed E-state index contributed by atoms with van der Waals surface area (Å²) in [6.07, 6.45) is 0. The predicted octanol–water partition coefficient (Wildman–Crippen LogP) is 4.99. The Hall–Kier alpha value is -2.52. The fourth-order valence-corrected chi connectivity index (χ4v) is 2.88. The molecule has 0 saturated heterocycles. The topological polar surface area (TPSA) is 38.3 Å². The smallest absolute Gasteiger partial charge is 0.251 e. The first kappa shape index (κ1) is 16.3. The molecular weight excluding hydrogens is 322 g/mol. The zero-order valence-electron chi connectivity index (χ0n) is 13.5. The maximum Gasteiger partial charge on any atom is 0.251 e. The Morgan fingerprint density at radius 3 is 2.54 bits per heavy atom. The van der Waals surface area contributed by atoms with Crippen LogP contribution >= 0.6 is 11.6 Å². The molecule has 0 heterocycles. The number of halogens is 1. The SMILES string of the molecule is COc1ccc2c(C(C)NC(=O)c3ccc(Cl)cc3)cccc2c1. The first-order chi connectivity index (χ1) is 11.6. The Kier molecular flexibility index (Phi) is 4.72. The van der Waals surface area contributed by atoms with Crippen molar-refractivity contribution in [2.45, 2.75) is 13.0 Å². The highest BCUT2D eigenvalue weighted by atomic mass is 35.5. The Morgan fingerprint density at radius 1 is 1.08 bits per heavy atom. The molecule has 4 heteroatoms. The molecule has 0 fully saturated rings. The summed E-state index contributed by atoms with van der Waals surface area (Å²) in [7, 11) is 1.65. The second-order valence-corrected chi connectivity index (χ2v) is 6.07. The third kappa shape index (κ3) is 3.36. The van der Waals surface area contributed by atoms with E-state index in [4.69, 9.17) is 16.3 Å². The lowest BCUT2D eigenvalue weighted by Crippen LogP contribution is -2.26. The summed E-state index contributed by atoms with van der Waals surface area (Å²) in [4.78, 5) is 12.4. The molecule has 0 aromatic heterocycles. The van der Waals surface area contributed by atoms with E-state index in [9.17, 15) is 4.79 Å². The molecule has 1 unspecified atom stereocenters. The van der Waals surface area contributed by atoms with Gasteiger partial charge in [-0.3, -0.25) is 4.79 Å². The van der Waals surface area contributed by atoms with E-state index in [0.717, 1.165) is 22.1 Å². The molecule has 1 atom stereocenters. The van der Waals surface area contributed by atoms with Crippen LogP contribution < -0.4 is 10.1 Å². The van der Waals surface area contributed by atoms with Crippen molar-refractivity contribution in [1.82, 2.24) is 5.32 Å². The van der Waals surface area contributed by atoms with Crippen LogP contribution in [-0.2, 0) is 0 Å². The molecule has 1 amide bonds. The molecule has 122 valence electrons. The minimum atomic E-state index is -0.121. The standard InChI is InChI=1S/C20H18ClNO2/c1-13(22-20(23)14-6-8-16(21)9-7-14)18-5-3-4-15-12-17(24-2)10-11-19(15)18/h3-13H,1-2H3,(H,22,23). The van der Waals surface area contributed by atoms with Crippen molar-refractivity contribution < 1.29 is 9.53 Å². The number of carbonyl (C=O) groups is 1. The minimum absolute atomic E-state index is 0.120. The number of hydrogen-bond acceptors (Lipinski definition) is 2. The van der Waals surface area contributed by atoms with E-state index in [1.807, 2.05) is 43.3 Å². The van der Waals surface area contributed by atoms with E-state index in [-0.39, 0.29) is 11.9 Å². The summed E-state index contributed by atoms with van der Waals surface area (Å²) in [6, 6.07) is 18.7. The van der Waals surface area contributed by atoms with Crippen molar-refractivity contribution in [3.05, 3.63) is 76.8 Å². The molecule has 0 bridgehead atoms. The number of rotatable bonds is 4. The zero-order chi connectivity index (χ0) is 17.1. The summed E-state index contributed by atoms with van der Waals surface area (Å²) >= 11 is 5.87. The average Bonchev–Trinajstić information content (AvgIpc) is 2.61. The number of benzene rings is 3. The van der Waals surface area contributed by atoms with Crippen molar-refractivity contribution in [2.24, 2.45) is 0 Å². The van der Waals surface area contributed by atoms with Gasteiger partial charge in [-0.05, 0) is 59.7 Å². The number of carbonyl (C=O) groups excluding carboxylic acids is 1. The van der Waals surface area contributed by atoms with Crippen molar-refractivity contribution in [3.63, 3.8) is 0 Å². The zero-order valence-corrected chi connectivity index (χ0v) is 14.3. The van der Waals surface area contributed by atoms with Gasteiger partial charge in [0.2, 0.25) is 0 Å². The molecule has 3 aromatic carbocycles. The van der Waals surface area contributed by atoms with Crippen molar-refractivity contribution >= 4 is 28.3 Å². The highest BCUT2D eigenvalue weighted by molar-refractivity contribution is 6.30. The van der Waals surface area contributed by atoms with Gasteiger partial charge in [0.05, 0.1) is 13.2 Å². The highest BCUT2D eigenvalue weighted by Crippen LogP contribution is 2.27. The molecular formula is C20H18ClNO2. The molecule has 1 N–H and O–H groups in total. The van der Waals surface area contributed by atoms with E-state index in [1.165, 1.54) is 0 Å². The maximum atomic E-state index is 12.4. The highest BCUT2D eigenvalue weighted by Gasteiger charge is 2.14. The van der Waals surface area contributed by atoms with E-state index < -0.39 is 0 Å². The second kappa shape index (κ2) is 6.93. The van der Waals surface area contributed by atoms with E-state index in [1.54, 1.807) is 31.4 Å². The maximum absolute atomic E-state index is 12.4. The quantitative estimate of drug-likeness (QED) is 0.727. The second-order valence-electron chi connectivity index (χ2n) is 5.64. The number of methoxy groups -OCH3 is 1. The van der Waals surface area contributed by atoms with Crippen LogP contribution in [0.15, 0.2) is 60.7 Å². The molecule has 0 saturated carbocycles. The Balaban J connectivity index is 1.87. The largest absolute Gasteiger partial charge is 0.497 e. The van der Waals surface area contributed by atoms with Crippen LogP contribution in [0.4, 0.5) is 0 Å². The van der Waals surface area contributed by atoms with Gasteiger partial charge in [0.15, 0.2) is 0 Å². The third-order valence-corrected chi connectivity index (χ3v) is 4.29. The van der Waals surface area contributed by atoms with Crippen molar-refractivity contribution in [1.29, 1.82) is 0 Å². The van der Waals surface area contributed by atoms with Gasteiger partial charge in [-0.25, -0.2) is 0 Å². The lowest BCUT2D eigenvalue weighted by molar-refractivity contribution is 0.0940. The van der Waals surface area contributed by atoms with Gasteiger partial charge in [0, 0.05) is 10.6 Å². The lowest BCUT2D eigenvalue weighted by Gasteiger charge is -2.17. The summed E-state index contributed by atoms with van der Waals surface area (Å²) in [5, 5.41) is 5.83. The third-order valence-electron chi connectivity index (χ3n) is 4.04. The first-order valence-electron chi connectivity index (χ1n) is 7.71. The predicted molar refractivity (Wildman–Crippen MR) is 97.8 cm³/mol. The molecule has 0 spiro atoms. The minimum Gasteiger partial charge on any atom is -0.497 e. The molecule has 0 radical (unpaired) electrons. The molecule has 3 rings (SSSR count). The first-order valence-corrected chi connectivity index (χ1v) is 8.09. The summed E-state index contributed by atoms with van der Waals surface area (Å²) in [5.74, 6) is 0.696. The van der Waals surface area contributed by atoms with E-state index >= 15 is 0 Å². The van der Waals surface area contributed by atoms with Crippen LogP contribution in [-0.4, -0.2) is 13.0 Å².